The Kier molecular flexibility index (Phi) is 8.99. The van der Waals surface area contributed by atoms with Crippen LogP contribution in [0.3, 0.4) is 0 Å². The van der Waals surface area contributed by atoms with Crippen molar-refractivity contribution in [3.63, 3.8) is 0 Å². The fourth-order valence-electron chi connectivity index (χ4n) is 3.09. The second kappa shape index (κ2) is 10.7. The van der Waals surface area contributed by atoms with Gasteiger partial charge in [0.2, 0.25) is 0 Å². The number of allylic oxidation sites excluding steroid dienone is 6. The van der Waals surface area contributed by atoms with Crippen LogP contribution in [-0.2, 0) is 0 Å². The average Bonchev–Trinajstić information content (AvgIpc) is 2.57. The van der Waals surface area contributed by atoms with Gasteiger partial charge in [0.15, 0.2) is 0 Å². The van der Waals surface area contributed by atoms with Crippen molar-refractivity contribution in [1.82, 2.24) is 14.2 Å². The molecule has 1 heterocycles. The summed E-state index contributed by atoms with van der Waals surface area (Å²) in [6.07, 6.45) is 19.2. The van der Waals surface area contributed by atoms with Crippen LogP contribution in [0.15, 0.2) is 73.0 Å². The highest BCUT2D eigenvalue weighted by atomic mass is 15.3. The molecule has 1 saturated heterocycles. The molecule has 1 fully saturated rings. The minimum absolute atomic E-state index is 0.159. The largest absolute Gasteiger partial charge is 0.424 e. The quantitative estimate of drug-likeness (QED) is 0.675. The fraction of sp³-hybridized carbons (Fsp3) is 0.333. The fourth-order valence-corrected chi connectivity index (χ4v) is 3.09. The van der Waals surface area contributed by atoms with Crippen LogP contribution in [0.5, 0.6) is 0 Å². The van der Waals surface area contributed by atoms with Crippen molar-refractivity contribution in [3.8, 4) is 0 Å². The molecule has 3 nitrogen and oxygen atoms in total. The number of hydrogen-bond acceptors (Lipinski definition) is 3. The lowest BCUT2D eigenvalue weighted by Crippen LogP contribution is -2.72. The first-order chi connectivity index (χ1) is 11.7. The summed E-state index contributed by atoms with van der Waals surface area (Å²) in [7, 11) is 0. The summed E-state index contributed by atoms with van der Waals surface area (Å²) >= 11 is 0. The summed E-state index contributed by atoms with van der Waals surface area (Å²) in [5.74, 6) is 6.75. The van der Waals surface area contributed by atoms with Crippen LogP contribution >= 0.6 is 0 Å². The molecule has 6 heteroatoms. The number of nitrogens with zero attached hydrogens (tertiary/aromatic N) is 3. The molecule has 24 heavy (non-hydrogen) atoms. The summed E-state index contributed by atoms with van der Waals surface area (Å²) in [6.45, 7) is 12.9. The maximum atomic E-state index is 2.38. The minimum Gasteiger partial charge on any atom is -0.424 e. The molecule has 1 aliphatic heterocycles. The van der Waals surface area contributed by atoms with Gasteiger partial charge in [-0.15, -0.1) is 0 Å². The Balaban J connectivity index is 3.56. The van der Waals surface area contributed by atoms with E-state index in [2.05, 4.69) is 129 Å². The van der Waals surface area contributed by atoms with E-state index in [1.54, 1.807) is 0 Å². The van der Waals surface area contributed by atoms with Crippen molar-refractivity contribution in [2.75, 3.05) is 0 Å². The van der Waals surface area contributed by atoms with Crippen LogP contribution in [0, 0.1) is 0 Å². The van der Waals surface area contributed by atoms with Gasteiger partial charge in [-0.3, -0.25) is 0 Å². The molecule has 0 amide bonds. The summed E-state index contributed by atoms with van der Waals surface area (Å²) in [5.41, 5.74) is 0. The SMILES string of the molecule is CC=CB1N(C=CC)B(C=CC)N(C=CC)B(C=CC)N1C=CC. The third kappa shape index (κ3) is 4.53. The zero-order valence-electron chi connectivity index (χ0n) is 16.0. The van der Waals surface area contributed by atoms with Gasteiger partial charge in [-0.1, -0.05) is 54.4 Å². The predicted octanol–water partition coefficient (Wildman–Crippen LogP) is 4.32. The molecule has 0 unspecified atom stereocenters. The molecule has 0 spiro atoms. The highest BCUT2D eigenvalue weighted by Crippen LogP contribution is 2.23. The van der Waals surface area contributed by atoms with E-state index in [4.69, 9.17) is 0 Å². The van der Waals surface area contributed by atoms with Gasteiger partial charge in [0.05, 0.1) is 0 Å². The lowest BCUT2D eigenvalue weighted by Gasteiger charge is -2.51. The van der Waals surface area contributed by atoms with E-state index >= 15 is 0 Å². The Morgan fingerprint density at radius 3 is 0.833 bits per heavy atom. The van der Waals surface area contributed by atoms with Crippen molar-refractivity contribution in [3.05, 3.63) is 73.0 Å². The topological polar surface area (TPSA) is 9.72 Å². The van der Waals surface area contributed by atoms with Crippen LogP contribution in [0.1, 0.15) is 41.5 Å². The number of hydrogen-bond donors (Lipinski definition) is 0. The van der Waals surface area contributed by atoms with Gasteiger partial charge < -0.3 is 14.2 Å². The highest BCUT2D eigenvalue weighted by Gasteiger charge is 2.47. The van der Waals surface area contributed by atoms with Crippen LogP contribution in [0.4, 0.5) is 0 Å². The summed E-state index contributed by atoms with van der Waals surface area (Å²) in [4.78, 5) is 0. The van der Waals surface area contributed by atoms with Crippen molar-refractivity contribution < 1.29 is 0 Å². The Hall–Kier alpha value is -1.97. The zero-order chi connectivity index (χ0) is 17.9. The first-order valence-corrected chi connectivity index (χ1v) is 8.79. The van der Waals surface area contributed by atoms with Crippen molar-refractivity contribution in [2.24, 2.45) is 0 Å². The van der Waals surface area contributed by atoms with E-state index in [1.165, 1.54) is 0 Å². The first-order valence-electron chi connectivity index (χ1n) is 8.79. The Labute approximate surface area is 150 Å². The maximum absolute atomic E-state index is 2.38. The monoisotopic (exact) mass is 321 g/mol. The van der Waals surface area contributed by atoms with Crippen LogP contribution in [-0.4, -0.2) is 35.1 Å². The zero-order valence-corrected chi connectivity index (χ0v) is 16.0. The third-order valence-electron chi connectivity index (χ3n) is 3.89. The normalized spacial score (nSPS) is 17.8. The predicted molar refractivity (Wildman–Crippen MR) is 112 cm³/mol. The van der Waals surface area contributed by atoms with E-state index in [1.807, 2.05) is 0 Å². The molecule has 0 N–H and O–H groups in total. The molecule has 0 saturated carbocycles. The number of rotatable bonds is 6. The molecule has 0 bridgehead atoms. The molecular formula is C18H30B3N3. The smallest absolute Gasteiger partial charge is 0.380 e. The minimum atomic E-state index is 0.159. The molecule has 126 valence electrons. The standard InChI is InChI=1S/C18H30B3N3/c1-7-13-19-22(16-10-4)20(14-8-2)24(18-12-6)21(15-9-3)23(19)17-11-5/h7-18H,1-6H3. The average molecular weight is 321 g/mol. The van der Waals surface area contributed by atoms with E-state index in [0.717, 1.165) is 0 Å². The molecule has 1 aliphatic rings. The molecule has 1 rings (SSSR count). The second-order valence-corrected chi connectivity index (χ2v) is 5.61. The lowest BCUT2D eigenvalue weighted by atomic mass is 9.43. The van der Waals surface area contributed by atoms with E-state index in [-0.39, 0.29) is 20.9 Å². The summed E-state index contributed by atoms with van der Waals surface area (Å²) < 4.78 is 7.12. The van der Waals surface area contributed by atoms with Crippen LogP contribution in [0.2, 0.25) is 0 Å². The highest BCUT2D eigenvalue weighted by molar-refractivity contribution is 6.91. The molecular weight excluding hydrogens is 291 g/mol. The molecule has 0 aromatic rings. The van der Waals surface area contributed by atoms with Gasteiger partial charge in [0.25, 0.3) is 0 Å². The van der Waals surface area contributed by atoms with E-state index in [9.17, 15) is 0 Å². The van der Waals surface area contributed by atoms with Gasteiger partial charge in [-0.2, -0.15) is 0 Å². The molecule has 0 atom stereocenters. The maximum Gasteiger partial charge on any atom is 0.380 e. The second-order valence-electron chi connectivity index (χ2n) is 5.61. The van der Waals surface area contributed by atoms with Gasteiger partial charge in [0.1, 0.15) is 0 Å². The summed E-state index contributed by atoms with van der Waals surface area (Å²) in [6, 6.07) is 0. The van der Waals surface area contributed by atoms with Crippen LogP contribution in [0.25, 0.3) is 0 Å². The first kappa shape index (κ1) is 20.1. The Morgan fingerprint density at radius 1 is 0.417 bits per heavy atom. The Morgan fingerprint density at radius 2 is 0.667 bits per heavy atom. The van der Waals surface area contributed by atoms with Gasteiger partial charge in [-0.25, -0.2) is 0 Å². The molecule has 0 aromatic carbocycles. The van der Waals surface area contributed by atoms with Gasteiger partial charge in [0, 0.05) is 0 Å². The van der Waals surface area contributed by atoms with Crippen molar-refractivity contribution in [1.29, 1.82) is 0 Å². The van der Waals surface area contributed by atoms with E-state index < -0.39 is 0 Å². The third-order valence-corrected chi connectivity index (χ3v) is 3.89. The lowest BCUT2D eigenvalue weighted by molar-refractivity contribution is 0.626. The van der Waals surface area contributed by atoms with Crippen LogP contribution < -0.4 is 0 Å². The molecule has 0 aromatic heterocycles. The van der Waals surface area contributed by atoms with E-state index in [0.29, 0.717) is 0 Å². The molecule has 0 aliphatic carbocycles. The van der Waals surface area contributed by atoms with Crippen molar-refractivity contribution >= 4 is 20.9 Å². The Bertz CT molecular complexity index is 402. The molecule has 0 radical (unpaired) electrons. The van der Waals surface area contributed by atoms with Gasteiger partial charge >= 0.3 is 20.9 Å². The van der Waals surface area contributed by atoms with Crippen molar-refractivity contribution in [2.45, 2.75) is 41.5 Å². The summed E-state index contributed by atoms with van der Waals surface area (Å²) in [5, 5.41) is 0. The van der Waals surface area contributed by atoms with Gasteiger partial charge in [-0.05, 0) is 60.1 Å².